The number of nitrogens with one attached hydrogen (secondary N) is 2. The van der Waals surface area contributed by atoms with Crippen molar-refractivity contribution in [3.8, 4) is 5.75 Å². The molecular weight excluding hydrogens is 330 g/mol. The maximum absolute atomic E-state index is 5.40. The standard InChI is InChI=1S/C18H17N7O/c1-26-12-4-2-3-11(5-12)13-6-25(7-14-15(13)20-8-19-14)18-16-17(22-9-21-16)23-10-24-18/h2-5,8-10,13H,6-7H2,1H3,(H,19,20)(H,21,22,23,24). The molecule has 0 bridgehead atoms. The fourth-order valence-electron chi connectivity index (χ4n) is 3.60. The summed E-state index contributed by atoms with van der Waals surface area (Å²) in [6.07, 6.45) is 4.96. The second kappa shape index (κ2) is 5.83. The van der Waals surface area contributed by atoms with Crippen LogP contribution < -0.4 is 9.64 Å². The third-order valence-corrected chi connectivity index (χ3v) is 4.83. The highest BCUT2D eigenvalue weighted by Crippen LogP contribution is 2.35. The molecule has 0 fully saturated rings. The van der Waals surface area contributed by atoms with E-state index >= 15 is 0 Å². The lowest BCUT2D eigenvalue weighted by Crippen LogP contribution is -2.35. The van der Waals surface area contributed by atoms with E-state index in [0.29, 0.717) is 12.2 Å². The predicted octanol–water partition coefficient (Wildman–Crippen LogP) is 2.24. The minimum atomic E-state index is 0.119. The number of anilines is 1. The normalized spacial score (nSPS) is 16.7. The van der Waals surface area contributed by atoms with Crippen LogP contribution in [-0.4, -0.2) is 43.6 Å². The summed E-state index contributed by atoms with van der Waals surface area (Å²) in [6, 6.07) is 8.14. The molecule has 0 aliphatic carbocycles. The Morgan fingerprint density at radius 1 is 1.12 bits per heavy atom. The molecule has 0 spiro atoms. The SMILES string of the molecule is COc1cccc(C2CN(c3ncnc4nc[nH]c34)Cc3[nH]cnc32)c1. The summed E-state index contributed by atoms with van der Waals surface area (Å²) in [6.45, 7) is 1.47. The van der Waals surface area contributed by atoms with E-state index in [0.717, 1.165) is 40.6 Å². The Hall–Kier alpha value is -3.42. The van der Waals surface area contributed by atoms with Crippen molar-refractivity contribution in [2.75, 3.05) is 18.6 Å². The summed E-state index contributed by atoms with van der Waals surface area (Å²) >= 11 is 0. The van der Waals surface area contributed by atoms with Gasteiger partial charge in [0.1, 0.15) is 17.6 Å². The lowest BCUT2D eigenvalue weighted by Gasteiger charge is -2.33. The molecule has 8 heteroatoms. The van der Waals surface area contributed by atoms with E-state index in [2.05, 4.69) is 46.9 Å². The number of ether oxygens (including phenoxy) is 1. The molecule has 1 unspecified atom stereocenters. The number of rotatable bonds is 3. The van der Waals surface area contributed by atoms with Gasteiger partial charge in [0, 0.05) is 12.5 Å². The number of aromatic amines is 2. The van der Waals surface area contributed by atoms with E-state index in [1.165, 1.54) is 0 Å². The topological polar surface area (TPSA) is 95.6 Å². The summed E-state index contributed by atoms with van der Waals surface area (Å²) < 4.78 is 5.40. The zero-order valence-electron chi connectivity index (χ0n) is 14.2. The number of H-pyrrole nitrogens is 2. The summed E-state index contributed by atoms with van der Waals surface area (Å²) in [4.78, 5) is 26.2. The second-order valence-corrected chi connectivity index (χ2v) is 6.27. The molecule has 8 nitrogen and oxygen atoms in total. The largest absolute Gasteiger partial charge is 0.497 e. The molecule has 3 aromatic heterocycles. The minimum Gasteiger partial charge on any atom is -0.497 e. The first kappa shape index (κ1) is 14.9. The van der Waals surface area contributed by atoms with Gasteiger partial charge in [-0.15, -0.1) is 0 Å². The van der Waals surface area contributed by atoms with E-state index < -0.39 is 0 Å². The van der Waals surface area contributed by atoms with E-state index in [4.69, 9.17) is 4.74 Å². The molecule has 1 aliphatic heterocycles. The van der Waals surface area contributed by atoms with E-state index in [1.54, 1.807) is 26.1 Å². The van der Waals surface area contributed by atoms with Gasteiger partial charge in [-0.25, -0.2) is 19.9 Å². The number of aromatic nitrogens is 6. The minimum absolute atomic E-state index is 0.119. The van der Waals surface area contributed by atoms with Crippen molar-refractivity contribution in [3.05, 3.63) is 60.2 Å². The molecule has 4 heterocycles. The molecule has 1 aliphatic rings. The fraction of sp³-hybridized carbons (Fsp3) is 0.222. The van der Waals surface area contributed by atoms with Crippen LogP contribution in [0.5, 0.6) is 5.75 Å². The zero-order valence-corrected chi connectivity index (χ0v) is 14.2. The summed E-state index contributed by atoms with van der Waals surface area (Å²) in [5.74, 6) is 1.81. The van der Waals surface area contributed by atoms with Crippen molar-refractivity contribution in [2.24, 2.45) is 0 Å². The van der Waals surface area contributed by atoms with Gasteiger partial charge >= 0.3 is 0 Å². The smallest absolute Gasteiger partial charge is 0.182 e. The van der Waals surface area contributed by atoms with Crippen molar-refractivity contribution >= 4 is 17.0 Å². The van der Waals surface area contributed by atoms with Crippen molar-refractivity contribution < 1.29 is 4.74 Å². The Bertz CT molecular complexity index is 1070. The number of benzene rings is 1. The van der Waals surface area contributed by atoms with Crippen LogP contribution in [0.15, 0.2) is 43.2 Å². The van der Waals surface area contributed by atoms with Crippen LogP contribution in [0.1, 0.15) is 22.9 Å². The highest BCUT2D eigenvalue weighted by atomic mass is 16.5. The summed E-state index contributed by atoms with van der Waals surface area (Å²) in [5.41, 5.74) is 4.85. The first-order chi connectivity index (χ1) is 12.8. The molecule has 2 N–H and O–H groups in total. The summed E-state index contributed by atoms with van der Waals surface area (Å²) in [7, 11) is 1.68. The summed E-state index contributed by atoms with van der Waals surface area (Å²) in [5, 5.41) is 0. The number of nitrogens with zero attached hydrogens (tertiary/aromatic N) is 5. The predicted molar refractivity (Wildman–Crippen MR) is 96.2 cm³/mol. The average Bonchev–Trinajstić information content (AvgIpc) is 3.36. The third-order valence-electron chi connectivity index (χ3n) is 4.83. The number of hydrogen-bond acceptors (Lipinski definition) is 6. The van der Waals surface area contributed by atoms with Gasteiger partial charge in [0.2, 0.25) is 0 Å². The molecule has 1 aromatic carbocycles. The van der Waals surface area contributed by atoms with Gasteiger partial charge in [-0.1, -0.05) is 12.1 Å². The molecule has 26 heavy (non-hydrogen) atoms. The van der Waals surface area contributed by atoms with E-state index in [9.17, 15) is 0 Å². The van der Waals surface area contributed by atoms with Crippen molar-refractivity contribution in [2.45, 2.75) is 12.5 Å². The van der Waals surface area contributed by atoms with Gasteiger partial charge in [0.25, 0.3) is 0 Å². The van der Waals surface area contributed by atoms with Crippen LogP contribution in [0.2, 0.25) is 0 Å². The van der Waals surface area contributed by atoms with Crippen LogP contribution in [0.4, 0.5) is 5.82 Å². The van der Waals surface area contributed by atoms with Gasteiger partial charge in [-0.2, -0.15) is 0 Å². The Morgan fingerprint density at radius 2 is 2.04 bits per heavy atom. The fourth-order valence-corrected chi connectivity index (χ4v) is 3.60. The molecule has 0 saturated heterocycles. The Kier molecular flexibility index (Phi) is 3.34. The van der Waals surface area contributed by atoms with Crippen LogP contribution in [0.25, 0.3) is 11.2 Å². The van der Waals surface area contributed by atoms with E-state index in [-0.39, 0.29) is 5.92 Å². The van der Waals surface area contributed by atoms with Crippen LogP contribution in [0, 0.1) is 0 Å². The molecule has 0 amide bonds. The van der Waals surface area contributed by atoms with Gasteiger partial charge < -0.3 is 19.6 Å². The first-order valence-corrected chi connectivity index (χ1v) is 8.38. The van der Waals surface area contributed by atoms with Crippen LogP contribution in [-0.2, 0) is 6.54 Å². The number of fused-ring (bicyclic) bond motifs is 2. The highest BCUT2D eigenvalue weighted by Gasteiger charge is 2.31. The average molecular weight is 347 g/mol. The quantitative estimate of drug-likeness (QED) is 0.590. The van der Waals surface area contributed by atoms with E-state index in [1.807, 2.05) is 12.1 Å². The maximum Gasteiger partial charge on any atom is 0.182 e. The van der Waals surface area contributed by atoms with Gasteiger partial charge in [-0.05, 0) is 17.7 Å². The monoisotopic (exact) mass is 347 g/mol. The molecule has 4 aromatic rings. The third kappa shape index (κ3) is 2.30. The van der Waals surface area contributed by atoms with Crippen LogP contribution >= 0.6 is 0 Å². The molecule has 0 radical (unpaired) electrons. The van der Waals surface area contributed by atoms with Gasteiger partial charge in [0.05, 0.1) is 37.7 Å². The highest BCUT2D eigenvalue weighted by molar-refractivity contribution is 5.82. The Labute approximate surface area is 149 Å². The molecule has 130 valence electrons. The van der Waals surface area contributed by atoms with Gasteiger partial charge in [0.15, 0.2) is 11.5 Å². The second-order valence-electron chi connectivity index (χ2n) is 6.27. The van der Waals surface area contributed by atoms with Crippen molar-refractivity contribution in [1.29, 1.82) is 0 Å². The van der Waals surface area contributed by atoms with Gasteiger partial charge in [-0.3, -0.25) is 0 Å². The number of hydrogen-bond donors (Lipinski definition) is 2. The maximum atomic E-state index is 5.40. The molecule has 0 saturated carbocycles. The van der Waals surface area contributed by atoms with Crippen molar-refractivity contribution in [1.82, 2.24) is 29.9 Å². The lowest BCUT2D eigenvalue weighted by atomic mass is 9.90. The zero-order chi connectivity index (χ0) is 17.5. The van der Waals surface area contributed by atoms with Crippen LogP contribution in [0.3, 0.4) is 0 Å². The molecule has 5 rings (SSSR count). The molecule has 1 atom stereocenters. The Morgan fingerprint density at radius 3 is 2.96 bits per heavy atom. The number of imidazole rings is 2. The number of methoxy groups -OCH3 is 1. The Balaban J connectivity index is 1.60. The first-order valence-electron chi connectivity index (χ1n) is 8.38. The lowest BCUT2D eigenvalue weighted by molar-refractivity contribution is 0.414. The van der Waals surface area contributed by atoms with Crippen molar-refractivity contribution in [3.63, 3.8) is 0 Å². The molecular formula is C18H17N7O.